The summed E-state index contributed by atoms with van der Waals surface area (Å²) in [6, 6.07) is 0. The standard InChI is InChI=1S/C15H27N.ClH/c1-2-3-7-16-8-6-15(12-16)10-13-4-5-14(9-13)11-15;/h13-14H,2-12H2,1H3;1H. The van der Waals surface area contributed by atoms with E-state index in [1.54, 1.807) is 32.1 Å². The van der Waals surface area contributed by atoms with E-state index >= 15 is 0 Å². The van der Waals surface area contributed by atoms with Gasteiger partial charge in [-0.15, -0.1) is 12.4 Å². The van der Waals surface area contributed by atoms with Gasteiger partial charge in [-0.25, -0.2) is 0 Å². The molecule has 0 radical (unpaired) electrons. The maximum atomic E-state index is 2.76. The molecule has 1 heterocycles. The molecular formula is C15H28ClN. The molecule has 1 aliphatic heterocycles. The van der Waals surface area contributed by atoms with Crippen molar-refractivity contribution in [2.75, 3.05) is 19.6 Å². The Bertz CT molecular complexity index is 241. The lowest BCUT2D eigenvalue weighted by Crippen LogP contribution is -2.33. The minimum atomic E-state index is 0. The zero-order valence-corrected chi connectivity index (χ0v) is 12.1. The highest BCUT2D eigenvalue weighted by atomic mass is 35.5. The first kappa shape index (κ1) is 13.7. The maximum absolute atomic E-state index is 2.76. The highest BCUT2D eigenvalue weighted by Gasteiger charge is 2.46. The van der Waals surface area contributed by atoms with Crippen LogP contribution >= 0.6 is 12.4 Å². The molecule has 0 amide bonds. The van der Waals surface area contributed by atoms with Gasteiger partial charge >= 0.3 is 0 Å². The molecule has 0 aromatic carbocycles. The Hall–Kier alpha value is 0.250. The average Bonchev–Trinajstić information content (AvgIpc) is 2.81. The number of hydrogen-bond acceptors (Lipinski definition) is 1. The Morgan fingerprint density at radius 3 is 2.53 bits per heavy atom. The predicted molar refractivity (Wildman–Crippen MR) is 75.7 cm³/mol. The van der Waals surface area contributed by atoms with Gasteiger partial charge in [-0.05, 0) is 62.4 Å². The van der Waals surface area contributed by atoms with Crippen molar-refractivity contribution in [3.8, 4) is 0 Å². The van der Waals surface area contributed by atoms with E-state index in [1.807, 2.05) is 0 Å². The monoisotopic (exact) mass is 257 g/mol. The van der Waals surface area contributed by atoms with Crippen LogP contribution in [0.15, 0.2) is 0 Å². The lowest BCUT2D eigenvalue weighted by molar-refractivity contribution is 0.133. The Kier molecular flexibility index (Phi) is 4.41. The molecule has 2 unspecified atom stereocenters. The van der Waals surface area contributed by atoms with E-state index < -0.39 is 0 Å². The fourth-order valence-electron chi connectivity index (χ4n) is 4.79. The van der Waals surface area contributed by atoms with Gasteiger partial charge in [-0.2, -0.15) is 0 Å². The SMILES string of the molecule is CCCCN1CCC2(CC3CCC(C3)C2)C1.Cl. The van der Waals surface area contributed by atoms with Crippen LogP contribution in [-0.2, 0) is 0 Å². The summed E-state index contributed by atoms with van der Waals surface area (Å²) in [5.41, 5.74) is 0.776. The molecule has 0 aromatic heterocycles. The number of likely N-dealkylation sites (tertiary alicyclic amines) is 1. The number of fused-ring (bicyclic) bond motifs is 2. The van der Waals surface area contributed by atoms with Crippen LogP contribution in [-0.4, -0.2) is 24.5 Å². The smallest absolute Gasteiger partial charge is 0.00387 e. The number of nitrogens with zero attached hydrogens (tertiary/aromatic N) is 1. The third-order valence-electron chi connectivity index (χ3n) is 5.44. The van der Waals surface area contributed by atoms with E-state index in [0.717, 1.165) is 17.3 Å². The average molecular weight is 258 g/mol. The summed E-state index contributed by atoms with van der Waals surface area (Å²) in [6.07, 6.45) is 12.1. The van der Waals surface area contributed by atoms with Gasteiger partial charge in [-0.3, -0.25) is 0 Å². The molecular weight excluding hydrogens is 230 g/mol. The Labute approximate surface area is 113 Å². The van der Waals surface area contributed by atoms with Crippen LogP contribution in [0.2, 0.25) is 0 Å². The van der Waals surface area contributed by atoms with Crippen molar-refractivity contribution in [1.29, 1.82) is 0 Å². The molecule has 3 rings (SSSR count). The minimum Gasteiger partial charge on any atom is -0.303 e. The van der Waals surface area contributed by atoms with Gasteiger partial charge in [0.2, 0.25) is 0 Å². The number of rotatable bonds is 3. The summed E-state index contributed by atoms with van der Waals surface area (Å²) in [7, 11) is 0. The van der Waals surface area contributed by atoms with Crippen LogP contribution in [0.5, 0.6) is 0 Å². The van der Waals surface area contributed by atoms with Crippen LogP contribution in [0.1, 0.15) is 58.3 Å². The molecule has 0 N–H and O–H groups in total. The molecule has 2 bridgehead atoms. The van der Waals surface area contributed by atoms with Crippen LogP contribution in [0.25, 0.3) is 0 Å². The fraction of sp³-hybridized carbons (Fsp3) is 1.00. The molecule has 17 heavy (non-hydrogen) atoms. The number of hydrogen-bond donors (Lipinski definition) is 0. The molecule has 3 fully saturated rings. The molecule has 1 saturated heterocycles. The second-order valence-corrected chi connectivity index (χ2v) is 6.83. The van der Waals surface area contributed by atoms with E-state index in [0.29, 0.717) is 0 Å². The quantitative estimate of drug-likeness (QED) is 0.736. The Balaban J connectivity index is 0.00000108. The van der Waals surface area contributed by atoms with Crippen LogP contribution < -0.4 is 0 Å². The lowest BCUT2D eigenvalue weighted by Gasteiger charge is -2.37. The van der Waals surface area contributed by atoms with Crippen molar-refractivity contribution in [3.63, 3.8) is 0 Å². The summed E-state index contributed by atoms with van der Waals surface area (Å²) >= 11 is 0. The van der Waals surface area contributed by atoms with Crippen LogP contribution in [0, 0.1) is 17.3 Å². The van der Waals surface area contributed by atoms with E-state index in [1.165, 1.54) is 38.9 Å². The molecule has 3 aliphatic rings. The van der Waals surface area contributed by atoms with Gasteiger partial charge in [0, 0.05) is 6.54 Å². The first-order valence-corrected chi connectivity index (χ1v) is 7.52. The molecule has 2 heteroatoms. The van der Waals surface area contributed by atoms with Crippen molar-refractivity contribution >= 4 is 12.4 Å². The van der Waals surface area contributed by atoms with E-state index in [2.05, 4.69) is 11.8 Å². The number of halogens is 1. The van der Waals surface area contributed by atoms with Crippen molar-refractivity contribution in [3.05, 3.63) is 0 Å². The minimum absolute atomic E-state index is 0. The van der Waals surface area contributed by atoms with E-state index in [-0.39, 0.29) is 12.4 Å². The highest BCUT2D eigenvalue weighted by Crippen LogP contribution is 2.54. The summed E-state index contributed by atoms with van der Waals surface area (Å²) < 4.78 is 0. The van der Waals surface area contributed by atoms with Crippen LogP contribution in [0.4, 0.5) is 0 Å². The molecule has 1 spiro atoms. The van der Waals surface area contributed by atoms with Crippen molar-refractivity contribution in [2.45, 2.75) is 58.3 Å². The molecule has 100 valence electrons. The third-order valence-corrected chi connectivity index (χ3v) is 5.44. The molecule has 0 aromatic rings. The second-order valence-electron chi connectivity index (χ2n) is 6.83. The first-order chi connectivity index (χ1) is 7.80. The van der Waals surface area contributed by atoms with Gasteiger partial charge < -0.3 is 4.90 Å². The van der Waals surface area contributed by atoms with Gasteiger partial charge in [0.05, 0.1) is 0 Å². The van der Waals surface area contributed by atoms with Crippen LogP contribution in [0.3, 0.4) is 0 Å². The maximum Gasteiger partial charge on any atom is 0.00387 e. The third kappa shape index (κ3) is 2.81. The Morgan fingerprint density at radius 2 is 1.88 bits per heavy atom. The first-order valence-electron chi connectivity index (χ1n) is 7.52. The summed E-state index contributed by atoms with van der Waals surface area (Å²) in [4.78, 5) is 2.76. The fourth-order valence-corrected chi connectivity index (χ4v) is 4.79. The van der Waals surface area contributed by atoms with Crippen molar-refractivity contribution in [2.24, 2.45) is 17.3 Å². The topological polar surface area (TPSA) is 3.24 Å². The molecule has 2 aliphatic carbocycles. The van der Waals surface area contributed by atoms with Crippen molar-refractivity contribution < 1.29 is 0 Å². The predicted octanol–water partition coefficient (Wildman–Crippen LogP) is 4.11. The van der Waals surface area contributed by atoms with Gasteiger partial charge in [0.25, 0.3) is 0 Å². The highest BCUT2D eigenvalue weighted by molar-refractivity contribution is 5.85. The summed E-state index contributed by atoms with van der Waals surface area (Å²) in [5, 5.41) is 0. The second kappa shape index (κ2) is 5.48. The Morgan fingerprint density at radius 1 is 1.18 bits per heavy atom. The number of unbranched alkanes of at least 4 members (excludes halogenated alkanes) is 1. The lowest BCUT2D eigenvalue weighted by atomic mass is 9.68. The molecule has 2 saturated carbocycles. The zero-order valence-electron chi connectivity index (χ0n) is 11.3. The van der Waals surface area contributed by atoms with Gasteiger partial charge in [0.15, 0.2) is 0 Å². The van der Waals surface area contributed by atoms with E-state index in [4.69, 9.17) is 0 Å². The van der Waals surface area contributed by atoms with E-state index in [9.17, 15) is 0 Å². The largest absolute Gasteiger partial charge is 0.303 e. The summed E-state index contributed by atoms with van der Waals surface area (Å²) in [5.74, 6) is 2.23. The summed E-state index contributed by atoms with van der Waals surface area (Å²) in [6.45, 7) is 6.53. The normalized spacial score (nSPS) is 40.8. The zero-order chi connectivity index (χ0) is 11.0. The van der Waals surface area contributed by atoms with Gasteiger partial charge in [0.1, 0.15) is 0 Å². The molecule has 1 nitrogen and oxygen atoms in total. The van der Waals surface area contributed by atoms with Crippen molar-refractivity contribution in [1.82, 2.24) is 4.90 Å². The van der Waals surface area contributed by atoms with Gasteiger partial charge in [-0.1, -0.05) is 26.2 Å². The molecule has 2 atom stereocenters.